The van der Waals surface area contributed by atoms with Gasteiger partial charge in [0.15, 0.2) is 5.78 Å². The van der Waals surface area contributed by atoms with Crippen LogP contribution in [0.4, 0.5) is 0 Å². The van der Waals surface area contributed by atoms with Gasteiger partial charge in [-0.25, -0.2) is 0 Å². The molecule has 21 heavy (non-hydrogen) atoms. The van der Waals surface area contributed by atoms with Gasteiger partial charge < -0.3 is 10.3 Å². The summed E-state index contributed by atoms with van der Waals surface area (Å²) in [5.74, 6) is -0.265. The highest BCUT2D eigenvalue weighted by molar-refractivity contribution is 7.16. The molecule has 2 N–H and O–H groups in total. The predicted molar refractivity (Wildman–Crippen MR) is 85.5 cm³/mol. The van der Waals surface area contributed by atoms with E-state index in [1.165, 1.54) is 18.3 Å². The van der Waals surface area contributed by atoms with E-state index >= 15 is 0 Å². The maximum atomic E-state index is 12.4. The molecule has 112 valence electrons. The molecule has 0 aliphatic carbocycles. The zero-order chi connectivity index (χ0) is 15.7. The number of carbonyl (C=O) groups excluding carboxylic acids is 2. The van der Waals surface area contributed by atoms with Crippen molar-refractivity contribution in [2.45, 2.75) is 33.7 Å². The highest BCUT2D eigenvalue weighted by atomic mass is 35.5. The molecule has 0 spiro atoms. The summed E-state index contributed by atoms with van der Waals surface area (Å²) < 4.78 is 0.692. The molecule has 0 fully saturated rings. The zero-order valence-corrected chi connectivity index (χ0v) is 13.9. The summed E-state index contributed by atoms with van der Waals surface area (Å²) in [6.45, 7) is 6.98. The van der Waals surface area contributed by atoms with Crippen LogP contribution in [-0.4, -0.2) is 16.7 Å². The molecular formula is C15H17ClN2O2S. The van der Waals surface area contributed by atoms with Crippen LogP contribution in [0.25, 0.3) is 0 Å². The number of ketones is 1. The summed E-state index contributed by atoms with van der Waals surface area (Å²) in [5.41, 5.74) is 2.44. The molecule has 4 nitrogen and oxygen atoms in total. The highest BCUT2D eigenvalue weighted by Gasteiger charge is 2.21. The van der Waals surface area contributed by atoms with Crippen molar-refractivity contribution in [2.24, 2.45) is 0 Å². The van der Waals surface area contributed by atoms with E-state index in [4.69, 9.17) is 11.6 Å². The van der Waals surface area contributed by atoms with Crippen molar-refractivity contribution in [1.29, 1.82) is 0 Å². The topological polar surface area (TPSA) is 62.0 Å². The van der Waals surface area contributed by atoms with Gasteiger partial charge in [0.05, 0.1) is 10.4 Å². The Hall–Kier alpha value is -1.59. The third kappa shape index (κ3) is 3.19. The molecule has 0 bridgehead atoms. The summed E-state index contributed by atoms with van der Waals surface area (Å²) in [7, 11) is 0. The molecular weight excluding hydrogens is 308 g/mol. The maximum Gasteiger partial charge on any atom is 0.268 e. The van der Waals surface area contributed by atoms with Crippen molar-refractivity contribution >= 4 is 34.6 Å². The Labute approximate surface area is 132 Å². The van der Waals surface area contributed by atoms with Crippen LogP contribution in [0.15, 0.2) is 12.1 Å². The summed E-state index contributed by atoms with van der Waals surface area (Å²) in [5, 5.41) is 2.92. The smallest absolute Gasteiger partial charge is 0.268 e. The number of carbonyl (C=O) groups is 2. The standard InChI is InChI=1S/C15H17ClN2O2S/c1-7-13(10(4)19)9(3)17-14(7)15(20)18-8(2)11-5-6-12(16)21-11/h5-6,8,17H,1-4H3,(H,18,20)/t8-/m1/s1. The first-order valence-electron chi connectivity index (χ1n) is 6.57. The van der Waals surface area contributed by atoms with Crippen molar-refractivity contribution in [2.75, 3.05) is 0 Å². The molecule has 0 unspecified atom stereocenters. The number of nitrogens with one attached hydrogen (secondary N) is 2. The Morgan fingerprint density at radius 1 is 1.33 bits per heavy atom. The van der Waals surface area contributed by atoms with Crippen LogP contribution in [0.5, 0.6) is 0 Å². The highest BCUT2D eigenvalue weighted by Crippen LogP contribution is 2.27. The Kier molecular flexibility index (Phi) is 4.54. The van der Waals surface area contributed by atoms with Crippen molar-refractivity contribution in [3.05, 3.63) is 43.9 Å². The molecule has 2 aromatic heterocycles. The third-order valence-corrected chi connectivity index (χ3v) is 4.80. The van der Waals surface area contributed by atoms with Crippen molar-refractivity contribution in [3.8, 4) is 0 Å². The molecule has 0 radical (unpaired) electrons. The lowest BCUT2D eigenvalue weighted by atomic mass is 10.1. The first-order valence-corrected chi connectivity index (χ1v) is 7.77. The monoisotopic (exact) mass is 324 g/mol. The number of aromatic amines is 1. The van der Waals surface area contributed by atoms with E-state index in [9.17, 15) is 9.59 Å². The van der Waals surface area contributed by atoms with Gasteiger partial charge in [-0.15, -0.1) is 11.3 Å². The van der Waals surface area contributed by atoms with Crippen LogP contribution in [-0.2, 0) is 0 Å². The number of aromatic nitrogens is 1. The van der Waals surface area contributed by atoms with Gasteiger partial charge in [-0.2, -0.15) is 0 Å². The van der Waals surface area contributed by atoms with Crippen LogP contribution in [0, 0.1) is 13.8 Å². The Morgan fingerprint density at radius 3 is 2.48 bits per heavy atom. The second-order valence-corrected chi connectivity index (χ2v) is 6.76. The molecule has 2 rings (SSSR count). The molecule has 0 aromatic carbocycles. The molecule has 0 aliphatic heterocycles. The van der Waals surface area contributed by atoms with Gasteiger partial charge in [-0.1, -0.05) is 11.6 Å². The predicted octanol–water partition coefficient (Wildman–Crippen LogP) is 4.04. The van der Waals surface area contributed by atoms with E-state index in [0.717, 1.165) is 10.6 Å². The normalized spacial score (nSPS) is 12.2. The fourth-order valence-corrected chi connectivity index (χ4v) is 3.47. The average molecular weight is 325 g/mol. The number of hydrogen-bond donors (Lipinski definition) is 2. The summed E-state index contributed by atoms with van der Waals surface area (Å²) in [6, 6.07) is 3.56. The van der Waals surface area contributed by atoms with E-state index in [2.05, 4.69) is 10.3 Å². The van der Waals surface area contributed by atoms with Gasteiger partial charge in [0.2, 0.25) is 0 Å². The molecule has 0 saturated carbocycles. The number of thiophene rings is 1. The van der Waals surface area contributed by atoms with E-state index < -0.39 is 0 Å². The minimum Gasteiger partial charge on any atom is -0.354 e. The van der Waals surface area contributed by atoms with E-state index in [1.54, 1.807) is 13.8 Å². The van der Waals surface area contributed by atoms with Crippen LogP contribution in [0.2, 0.25) is 4.34 Å². The summed E-state index contributed by atoms with van der Waals surface area (Å²) in [6.07, 6.45) is 0. The first-order chi connectivity index (χ1) is 9.81. The molecule has 0 aliphatic rings. The SMILES string of the molecule is CC(=O)c1c(C)[nH]c(C(=O)N[C@H](C)c2ccc(Cl)s2)c1C. The van der Waals surface area contributed by atoms with Gasteiger partial charge in [0.1, 0.15) is 5.69 Å². The van der Waals surface area contributed by atoms with Gasteiger partial charge in [0, 0.05) is 16.1 Å². The van der Waals surface area contributed by atoms with Crippen molar-refractivity contribution in [3.63, 3.8) is 0 Å². The van der Waals surface area contributed by atoms with Crippen molar-refractivity contribution in [1.82, 2.24) is 10.3 Å². The van der Waals surface area contributed by atoms with E-state index in [0.29, 0.717) is 21.2 Å². The average Bonchev–Trinajstić information content (AvgIpc) is 2.93. The van der Waals surface area contributed by atoms with Gasteiger partial charge in [-0.3, -0.25) is 9.59 Å². The quantitative estimate of drug-likeness (QED) is 0.834. The number of H-pyrrole nitrogens is 1. The van der Waals surface area contributed by atoms with Crippen LogP contribution in [0.3, 0.4) is 0 Å². The number of hydrogen-bond acceptors (Lipinski definition) is 3. The number of rotatable bonds is 4. The van der Waals surface area contributed by atoms with E-state index in [1.807, 2.05) is 19.1 Å². The first kappa shape index (κ1) is 15.8. The third-order valence-electron chi connectivity index (χ3n) is 3.38. The molecule has 6 heteroatoms. The van der Waals surface area contributed by atoms with Gasteiger partial charge in [-0.05, 0) is 45.4 Å². The lowest BCUT2D eigenvalue weighted by Crippen LogP contribution is -2.27. The summed E-state index contributed by atoms with van der Waals surface area (Å²) in [4.78, 5) is 28.0. The Balaban J connectivity index is 2.21. The fraction of sp³-hybridized carbons (Fsp3) is 0.333. The van der Waals surface area contributed by atoms with E-state index in [-0.39, 0.29) is 17.7 Å². The zero-order valence-electron chi connectivity index (χ0n) is 12.3. The number of amides is 1. The minimum atomic E-state index is -0.222. The summed E-state index contributed by atoms with van der Waals surface area (Å²) >= 11 is 7.34. The van der Waals surface area contributed by atoms with Crippen LogP contribution >= 0.6 is 22.9 Å². The molecule has 1 amide bonds. The van der Waals surface area contributed by atoms with Gasteiger partial charge >= 0.3 is 0 Å². The van der Waals surface area contributed by atoms with Crippen LogP contribution < -0.4 is 5.32 Å². The number of halogens is 1. The molecule has 0 saturated heterocycles. The maximum absolute atomic E-state index is 12.4. The largest absolute Gasteiger partial charge is 0.354 e. The van der Waals surface area contributed by atoms with Crippen molar-refractivity contribution < 1.29 is 9.59 Å². The van der Waals surface area contributed by atoms with Crippen LogP contribution in [0.1, 0.15) is 56.9 Å². The molecule has 2 aromatic rings. The Morgan fingerprint density at radius 2 is 2.00 bits per heavy atom. The lowest BCUT2D eigenvalue weighted by Gasteiger charge is -2.12. The lowest BCUT2D eigenvalue weighted by molar-refractivity contribution is 0.0935. The minimum absolute atomic E-state index is 0.0432. The Bertz CT molecular complexity index is 703. The number of Topliss-reactive ketones (excluding diaryl/α,β-unsaturated/α-hetero) is 1. The fourth-order valence-electron chi connectivity index (χ4n) is 2.41. The van der Waals surface area contributed by atoms with Gasteiger partial charge in [0.25, 0.3) is 5.91 Å². The molecule has 2 heterocycles. The molecule has 1 atom stereocenters. The second kappa shape index (κ2) is 6.03. The number of aryl methyl sites for hydroxylation is 1. The second-order valence-electron chi connectivity index (χ2n) is 5.02.